The first-order valence-electron chi connectivity index (χ1n) is 15.6. The standard InChI is InChI=1S/C17H22N2O4.C10H14N2O2.C7H10O3/c1-17(2,3)12-5-6-14(15(10-12)19(22)23)18-16(21)7-4-11-8-13(20)9-11;1-10(2,3)7-4-5-8(11)9(6-7)12(13)14;8-6-3-5(4-6)1-2-7(9)10/h5-6,10-11H,4,7-9H2,1-3H3,(H,18,21);4-6H,11H2,1-3H3;5H,1-4H2,(H,9,10). The predicted octanol–water partition coefficient (Wildman–Crippen LogP) is 6.89. The Balaban J connectivity index is 0.000000271. The van der Waals surface area contributed by atoms with Gasteiger partial charge in [0.05, 0.1) is 9.85 Å². The van der Waals surface area contributed by atoms with Crippen LogP contribution in [0.25, 0.3) is 0 Å². The Morgan fingerprint density at radius 2 is 1.21 bits per heavy atom. The number of nitro benzene ring substituents is 2. The number of nitrogen functional groups attached to an aromatic ring is 1. The zero-order valence-corrected chi connectivity index (χ0v) is 28.0. The van der Waals surface area contributed by atoms with Crippen LogP contribution in [0.4, 0.5) is 22.7 Å². The fourth-order valence-corrected chi connectivity index (χ4v) is 4.88. The summed E-state index contributed by atoms with van der Waals surface area (Å²) in [6.45, 7) is 11.9. The van der Waals surface area contributed by atoms with Gasteiger partial charge in [0.15, 0.2) is 0 Å². The van der Waals surface area contributed by atoms with E-state index in [0.29, 0.717) is 44.4 Å². The zero-order chi connectivity index (χ0) is 35.7. The Hall–Kier alpha value is -4.68. The second kappa shape index (κ2) is 16.2. The van der Waals surface area contributed by atoms with Gasteiger partial charge >= 0.3 is 5.97 Å². The van der Waals surface area contributed by atoms with Gasteiger partial charge in [-0.1, -0.05) is 53.7 Å². The number of nitro groups is 2. The van der Waals surface area contributed by atoms with Gasteiger partial charge < -0.3 is 16.2 Å². The van der Waals surface area contributed by atoms with E-state index in [-0.39, 0.29) is 69.8 Å². The predicted molar refractivity (Wildman–Crippen MR) is 178 cm³/mol. The Kier molecular flexibility index (Phi) is 13.3. The molecule has 0 atom stereocenters. The summed E-state index contributed by atoms with van der Waals surface area (Å²) in [5.74, 6) is 0.143. The van der Waals surface area contributed by atoms with E-state index in [4.69, 9.17) is 10.8 Å². The summed E-state index contributed by atoms with van der Waals surface area (Å²) in [7, 11) is 0. The van der Waals surface area contributed by atoms with E-state index in [9.17, 15) is 39.4 Å². The average Bonchev–Trinajstić information content (AvgIpc) is 2.91. The number of carbonyl (C=O) groups is 4. The Bertz CT molecular complexity index is 1490. The number of nitrogens with one attached hydrogen (secondary N) is 1. The van der Waals surface area contributed by atoms with Crippen LogP contribution in [0.1, 0.15) is 104 Å². The number of carboxylic acid groups (broad SMARTS) is 1. The molecule has 2 aromatic carbocycles. The minimum Gasteiger partial charge on any atom is -0.481 e. The van der Waals surface area contributed by atoms with Gasteiger partial charge in [0, 0.05) is 50.7 Å². The van der Waals surface area contributed by atoms with Gasteiger partial charge in [0.25, 0.3) is 11.4 Å². The quantitative estimate of drug-likeness (QED) is 0.144. The number of carboxylic acids is 1. The fraction of sp³-hybridized carbons (Fsp3) is 0.529. The first kappa shape index (κ1) is 38.5. The van der Waals surface area contributed by atoms with Crippen molar-refractivity contribution in [1.82, 2.24) is 0 Å². The molecule has 0 aromatic heterocycles. The molecule has 4 N–H and O–H groups in total. The molecule has 0 radical (unpaired) electrons. The van der Waals surface area contributed by atoms with E-state index in [1.807, 2.05) is 47.6 Å². The number of aliphatic carboxylic acids is 1. The first-order valence-corrected chi connectivity index (χ1v) is 15.6. The van der Waals surface area contributed by atoms with Gasteiger partial charge in [-0.3, -0.25) is 39.4 Å². The second-order valence-electron chi connectivity index (χ2n) is 14.2. The van der Waals surface area contributed by atoms with Crippen LogP contribution < -0.4 is 11.1 Å². The summed E-state index contributed by atoms with van der Waals surface area (Å²) in [5, 5.41) is 32.8. The molecule has 256 valence electrons. The van der Waals surface area contributed by atoms with Gasteiger partial charge in [0.2, 0.25) is 5.91 Å². The molecule has 2 aromatic rings. The average molecular weight is 655 g/mol. The number of nitrogens with zero attached hydrogens (tertiary/aromatic N) is 2. The van der Waals surface area contributed by atoms with Gasteiger partial charge in [-0.05, 0) is 58.8 Å². The van der Waals surface area contributed by atoms with E-state index >= 15 is 0 Å². The summed E-state index contributed by atoms with van der Waals surface area (Å²) in [4.78, 5) is 64.3. The summed E-state index contributed by atoms with van der Waals surface area (Å²) < 4.78 is 0. The number of amides is 1. The number of ketones is 2. The SMILES string of the molecule is CC(C)(C)c1ccc(N)c([N+](=O)[O-])c1.CC(C)(C)c1ccc(NC(=O)CCC2CC(=O)C2)c([N+](=O)[O-])c1.O=C(O)CCC1CC(=O)C1. The van der Waals surface area contributed by atoms with Crippen molar-refractivity contribution in [3.8, 4) is 0 Å². The van der Waals surface area contributed by atoms with E-state index in [2.05, 4.69) is 5.32 Å². The first-order chi connectivity index (χ1) is 21.7. The number of Topliss-reactive ketones (excluding diaryl/α,β-unsaturated/α-hetero) is 2. The van der Waals surface area contributed by atoms with Crippen LogP contribution in [-0.4, -0.2) is 38.4 Å². The fourth-order valence-electron chi connectivity index (χ4n) is 4.88. The highest BCUT2D eigenvalue weighted by molar-refractivity contribution is 5.93. The largest absolute Gasteiger partial charge is 0.481 e. The number of benzene rings is 2. The van der Waals surface area contributed by atoms with Crippen molar-refractivity contribution >= 4 is 46.2 Å². The highest BCUT2D eigenvalue weighted by atomic mass is 16.6. The number of rotatable bonds is 9. The molecule has 13 nitrogen and oxygen atoms in total. The summed E-state index contributed by atoms with van der Waals surface area (Å²) in [6.07, 6.45) is 4.10. The van der Waals surface area contributed by atoms with Crippen LogP contribution in [0.2, 0.25) is 0 Å². The molecule has 0 unspecified atom stereocenters. The minimum absolute atomic E-state index is 0.0163. The van der Waals surface area contributed by atoms with Crippen molar-refractivity contribution in [2.45, 2.75) is 104 Å². The number of hydrogen-bond acceptors (Lipinski definition) is 9. The van der Waals surface area contributed by atoms with Crippen LogP contribution in [0, 0.1) is 32.1 Å². The minimum atomic E-state index is -0.764. The van der Waals surface area contributed by atoms with Gasteiger partial charge in [-0.15, -0.1) is 0 Å². The topological polar surface area (TPSA) is 213 Å². The maximum Gasteiger partial charge on any atom is 0.303 e. The monoisotopic (exact) mass is 654 g/mol. The van der Waals surface area contributed by atoms with E-state index in [1.54, 1.807) is 18.2 Å². The van der Waals surface area contributed by atoms with Crippen molar-refractivity contribution in [3.63, 3.8) is 0 Å². The van der Waals surface area contributed by atoms with Crippen molar-refractivity contribution < 1.29 is 34.1 Å². The van der Waals surface area contributed by atoms with Crippen LogP contribution in [-0.2, 0) is 30.0 Å². The van der Waals surface area contributed by atoms with Gasteiger partial charge in [-0.25, -0.2) is 0 Å². The molecule has 13 heteroatoms. The Labute approximate surface area is 274 Å². The van der Waals surface area contributed by atoms with Crippen LogP contribution in [0.5, 0.6) is 0 Å². The van der Waals surface area contributed by atoms with Crippen molar-refractivity contribution in [2.24, 2.45) is 11.8 Å². The molecule has 2 saturated carbocycles. The van der Waals surface area contributed by atoms with Gasteiger partial charge in [-0.2, -0.15) is 0 Å². The number of anilines is 2. The lowest BCUT2D eigenvalue weighted by Gasteiger charge is -2.23. The molecule has 4 rings (SSSR count). The Morgan fingerprint density at radius 1 is 0.787 bits per heavy atom. The van der Waals surface area contributed by atoms with Crippen molar-refractivity contribution in [2.75, 3.05) is 11.1 Å². The van der Waals surface area contributed by atoms with Gasteiger partial charge in [0.1, 0.15) is 22.9 Å². The maximum atomic E-state index is 12.0. The molecule has 2 aliphatic carbocycles. The molecular formula is C34H46N4O9. The number of nitrogens with two attached hydrogens (primary N) is 1. The van der Waals surface area contributed by atoms with Crippen molar-refractivity contribution in [1.29, 1.82) is 0 Å². The smallest absolute Gasteiger partial charge is 0.303 e. The molecule has 2 fully saturated rings. The molecule has 0 saturated heterocycles. The number of hydrogen-bond donors (Lipinski definition) is 3. The highest BCUT2D eigenvalue weighted by Crippen LogP contribution is 2.33. The molecular weight excluding hydrogens is 608 g/mol. The van der Waals surface area contributed by atoms with Crippen LogP contribution in [0.15, 0.2) is 36.4 Å². The summed E-state index contributed by atoms with van der Waals surface area (Å²) in [5.41, 5.74) is 7.27. The zero-order valence-electron chi connectivity index (χ0n) is 28.0. The van der Waals surface area contributed by atoms with E-state index < -0.39 is 15.8 Å². The van der Waals surface area contributed by atoms with E-state index in [1.165, 1.54) is 12.1 Å². The molecule has 1 amide bonds. The molecule has 47 heavy (non-hydrogen) atoms. The second-order valence-corrected chi connectivity index (χ2v) is 14.2. The molecule has 0 spiro atoms. The third-order valence-electron chi connectivity index (χ3n) is 8.04. The van der Waals surface area contributed by atoms with Crippen LogP contribution >= 0.6 is 0 Å². The van der Waals surface area contributed by atoms with Crippen molar-refractivity contribution in [3.05, 3.63) is 67.8 Å². The highest BCUT2D eigenvalue weighted by Gasteiger charge is 2.28. The lowest BCUT2D eigenvalue weighted by Crippen LogP contribution is -2.24. The lowest BCUT2D eigenvalue weighted by molar-refractivity contribution is -0.384. The van der Waals surface area contributed by atoms with Crippen LogP contribution in [0.3, 0.4) is 0 Å². The lowest BCUT2D eigenvalue weighted by atomic mass is 9.81. The third-order valence-corrected chi connectivity index (χ3v) is 8.04. The molecule has 0 aliphatic heterocycles. The normalized spacial score (nSPS) is 14.8. The van der Waals surface area contributed by atoms with E-state index in [0.717, 1.165) is 11.1 Å². The molecule has 2 aliphatic rings. The Morgan fingerprint density at radius 3 is 1.62 bits per heavy atom. The maximum absolute atomic E-state index is 12.0. The molecule has 0 heterocycles. The summed E-state index contributed by atoms with van der Waals surface area (Å²) in [6, 6.07) is 9.84. The summed E-state index contributed by atoms with van der Waals surface area (Å²) >= 11 is 0. The number of carbonyl (C=O) groups excluding carboxylic acids is 3. The third kappa shape index (κ3) is 12.6. The molecule has 0 bridgehead atoms.